The highest BCUT2D eigenvalue weighted by atomic mass is 16.5. The van der Waals surface area contributed by atoms with E-state index in [1.165, 1.54) is 5.56 Å². The van der Waals surface area contributed by atoms with Crippen LogP contribution in [0.4, 0.5) is 11.4 Å². The first-order chi connectivity index (χ1) is 11.3. The third-order valence-corrected chi connectivity index (χ3v) is 3.85. The number of amides is 1. The van der Waals surface area contributed by atoms with Crippen LogP contribution in [-0.2, 0) is 11.2 Å². The molecule has 1 amide bonds. The average Bonchev–Trinajstić information content (AvgIpc) is 3.03. The van der Waals surface area contributed by atoms with Gasteiger partial charge in [-0.25, -0.2) is 0 Å². The van der Waals surface area contributed by atoms with E-state index in [-0.39, 0.29) is 12.5 Å². The van der Waals surface area contributed by atoms with E-state index >= 15 is 0 Å². The van der Waals surface area contributed by atoms with Gasteiger partial charge in [0.1, 0.15) is 12.4 Å². The summed E-state index contributed by atoms with van der Waals surface area (Å²) in [6, 6.07) is 15.6. The Labute approximate surface area is 136 Å². The summed E-state index contributed by atoms with van der Waals surface area (Å²) in [6.45, 7) is 5.14. The Kier molecular flexibility index (Phi) is 4.62. The van der Waals surface area contributed by atoms with Gasteiger partial charge in [0, 0.05) is 17.9 Å². The van der Waals surface area contributed by atoms with Crippen LogP contribution in [0.15, 0.2) is 61.2 Å². The number of carbonyl (C=O) groups is 1. The summed E-state index contributed by atoms with van der Waals surface area (Å²) in [5.41, 5.74) is 3.17. The molecule has 118 valence electrons. The van der Waals surface area contributed by atoms with E-state index in [4.69, 9.17) is 4.74 Å². The van der Waals surface area contributed by atoms with Crippen LogP contribution in [0.1, 0.15) is 5.56 Å². The molecule has 1 heterocycles. The molecule has 1 aliphatic heterocycles. The molecule has 0 spiro atoms. The van der Waals surface area contributed by atoms with E-state index in [2.05, 4.69) is 18.0 Å². The van der Waals surface area contributed by atoms with Gasteiger partial charge < -0.3 is 15.0 Å². The lowest BCUT2D eigenvalue weighted by Crippen LogP contribution is -2.34. The topological polar surface area (TPSA) is 41.6 Å². The zero-order valence-corrected chi connectivity index (χ0v) is 13.0. The first-order valence-corrected chi connectivity index (χ1v) is 7.74. The van der Waals surface area contributed by atoms with Crippen LogP contribution < -0.4 is 15.0 Å². The van der Waals surface area contributed by atoms with E-state index in [1.54, 1.807) is 6.08 Å². The average molecular weight is 308 g/mol. The summed E-state index contributed by atoms with van der Waals surface area (Å²) in [6.07, 6.45) is 2.63. The lowest BCUT2D eigenvalue weighted by Gasteiger charge is -2.18. The van der Waals surface area contributed by atoms with Gasteiger partial charge in [0.2, 0.25) is 5.91 Å². The number of anilines is 2. The number of nitrogens with one attached hydrogen (secondary N) is 1. The molecule has 0 aliphatic carbocycles. The van der Waals surface area contributed by atoms with Gasteiger partial charge in [-0.1, -0.05) is 30.9 Å². The fourth-order valence-corrected chi connectivity index (χ4v) is 2.69. The maximum atomic E-state index is 12.4. The smallest absolute Gasteiger partial charge is 0.246 e. The van der Waals surface area contributed by atoms with Crippen LogP contribution in [0.3, 0.4) is 0 Å². The molecule has 23 heavy (non-hydrogen) atoms. The molecule has 4 nitrogen and oxygen atoms in total. The summed E-state index contributed by atoms with van der Waals surface area (Å²) < 4.78 is 5.44. The van der Waals surface area contributed by atoms with Gasteiger partial charge in [0.25, 0.3) is 0 Å². The van der Waals surface area contributed by atoms with Gasteiger partial charge in [-0.2, -0.15) is 0 Å². The lowest BCUT2D eigenvalue weighted by atomic mass is 10.2. The third-order valence-electron chi connectivity index (χ3n) is 3.85. The maximum absolute atomic E-state index is 12.4. The van der Waals surface area contributed by atoms with Crippen molar-refractivity contribution >= 4 is 17.3 Å². The molecule has 4 heteroatoms. The first-order valence-electron chi connectivity index (χ1n) is 7.74. The first kappa shape index (κ1) is 15.2. The number of ether oxygens (including phenoxy) is 1. The van der Waals surface area contributed by atoms with E-state index in [1.807, 2.05) is 47.4 Å². The molecule has 1 aliphatic rings. The van der Waals surface area contributed by atoms with Crippen LogP contribution >= 0.6 is 0 Å². The van der Waals surface area contributed by atoms with E-state index in [0.29, 0.717) is 6.61 Å². The zero-order chi connectivity index (χ0) is 16.1. The fraction of sp³-hybridized carbons (Fsp3) is 0.211. The van der Waals surface area contributed by atoms with E-state index in [9.17, 15) is 4.79 Å². The normalized spacial score (nSPS) is 12.6. The second-order valence-electron chi connectivity index (χ2n) is 5.40. The highest BCUT2D eigenvalue weighted by Gasteiger charge is 2.23. The Morgan fingerprint density at radius 2 is 2.00 bits per heavy atom. The number of hydrogen-bond donors (Lipinski definition) is 1. The summed E-state index contributed by atoms with van der Waals surface area (Å²) in [7, 11) is 0. The molecule has 2 aromatic rings. The van der Waals surface area contributed by atoms with Crippen molar-refractivity contribution < 1.29 is 9.53 Å². The number of rotatable bonds is 6. The van der Waals surface area contributed by atoms with Crippen LogP contribution in [0.5, 0.6) is 5.75 Å². The molecule has 0 atom stereocenters. The van der Waals surface area contributed by atoms with Crippen molar-refractivity contribution in [3.63, 3.8) is 0 Å². The number of hydrogen-bond acceptors (Lipinski definition) is 3. The van der Waals surface area contributed by atoms with E-state index in [0.717, 1.165) is 30.1 Å². The van der Waals surface area contributed by atoms with E-state index < -0.39 is 0 Å². The Hall–Kier alpha value is -2.75. The minimum absolute atomic E-state index is 0.0851. The number of carbonyl (C=O) groups excluding carboxylic acids is 1. The summed E-state index contributed by atoms with van der Waals surface area (Å²) >= 11 is 0. The number of fused-ring (bicyclic) bond motifs is 1. The van der Waals surface area contributed by atoms with Crippen LogP contribution in [0, 0.1) is 0 Å². The van der Waals surface area contributed by atoms with Gasteiger partial charge in [0.15, 0.2) is 0 Å². The van der Waals surface area contributed by atoms with Crippen molar-refractivity contribution in [2.75, 3.05) is 29.9 Å². The molecular formula is C19H20N2O2. The molecule has 2 aromatic carbocycles. The zero-order valence-electron chi connectivity index (χ0n) is 13.0. The van der Waals surface area contributed by atoms with Crippen LogP contribution in [-0.4, -0.2) is 25.6 Å². The summed E-state index contributed by atoms with van der Waals surface area (Å²) in [4.78, 5) is 14.3. The standard InChI is InChI=1S/C19H20N2O2/c1-2-13-23-17-9-7-16(8-10-17)20-14-19(22)21-12-11-15-5-3-4-6-18(15)21/h2-10,20H,1,11-14H2. The Morgan fingerprint density at radius 1 is 1.22 bits per heavy atom. The van der Waals surface area contributed by atoms with Gasteiger partial charge in [-0.05, 0) is 42.3 Å². The fourth-order valence-electron chi connectivity index (χ4n) is 2.69. The highest BCUT2D eigenvalue weighted by molar-refractivity contribution is 5.98. The maximum Gasteiger partial charge on any atom is 0.246 e. The van der Waals surface area contributed by atoms with Crippen LogP contribution in [0.2, 0.25) is 0 Å². The van der Waals surface area contributed by atoms with Gasteiger partial charge in [-0.3, -0.25) is 4.79 Å². The van der Waals surface area contributed by atoms with Crippen molar-refractivity contribution in [3.05, 3.63) is 66.7 Å². The molecule has 0 saturated carbocycles. The molecule has 0 aromatic heterocycles. The number of nitrogens with zero attached hydrogens (tertiary/aromatic N) is 1. The Bertz CT molecular complexity index is 695. The molecule has 0 fully saturated rings. The minimum Gasteiger partial charge on any atom is -0.490 e. The van der Waals surface area contributed by atoms with Gasteiger partial charge in [-0.15, -0.1) is 0 Å². The number of benzene rings is 2. The second-order valence-corrected chi connectivity index (χ2v) is 5.40. The highest BCUT2D eigenvalue weighted by Crippen LogP contribution is 2.27. The minimum atomic E-state index is 0.0851. The van der Waals surface area contributed by atoms with Crippen molar-refractivity contribution in [1.82, 2.24) is 0 Å². The van der Waals surface area contributed by atoms with Crippen molar-refractivity contribution in [2.24, 2.45) is 0 Å². The molecule has 0 radical (unpaired) electrons. The lowest BCUT2D eigenvalue weighted by molar-refractivity contribution is -0.116. The Morgan fingerprint density at radius 3 is 2.78 bits per heavy atom. The SMILES string of the molecule is C=CCOc1ccc(NCC(=O)N2CCc3ccccc32)cc1. The van der Waals surface area contributed by atoms with Crippen molar-refractivity contribution in [2.45, 2.75) is 6.42 Å². The molecule has 0 saturated heterocycles. The summed E-state index contributed by atoms with van der Waals surface area (Å²) in [5, 5.41) is 3.17. The molecular weight excluding hydrogens is 288 g/mol. The third kappa shape index (κ3) is 3.54. The van der Waals surface area contributed by atoms with Gasteiger partial charge in [0.05, 0.1) is 6.54 Å². The molecule has 0 bridgehead atoms. The van der Waals surface area contributed by atoms with Gasteiger partial charge >= 0.3 is 0 Å². The van der Waals surface area contributed by atoms with Crippen molar-refractivity contribution in [3.8, 4) is 5.75 Å². The predicted molar refractivity (Wildman–Crippen MR) is 93.1 cm³/mol. The van der Waals surface area contributed by atoms with Crippen LogP contribution in [0.25, 0.3) is 0 Å². The summed E-state index contributed by atoms with van der Waals surface area (Å²) in [5.74, 6) is 0.872. The number of para-hydroxylation sites is 1. The quantitative estimate of drug-likeness (QED) is 0.833. The molecule has 3 rings (SSSR count). The largest absolute Gasteiger partial charge is 0.490 e. The monoisotopic (exact) mass is 308 g/mol. The second kappa shape index (κ2) is 7.01. The molecule has 0 unspecified atom stereocenters. The molecule has 1 N–H and O–H groups in total. The Balaban J connectivity index is 1.56. The predicted octanol–water partition coefficient (Wildman–Crippen LogP) is 3.25. The van der Waals surface area contributed by atoms with Crippen molar-refractivity contribution in [1.29, 1.82) is 0 Å².